The van der Waals surface area contributed by atoms with Crippen molar-refractivity contribution < 1.29 is 9.90 Å². The molecule has 0 saturated carbocycles. The number of amides is 1. The summed E-state index contributed by atoms with van der Waals surface area (Å²) >= 11 is 0. The molecule has 25 heavy (non-hydrogen) atoms. The number of anilines is 2. The molecule has 0 radical (unpaired) electrons. The number of hydrogen-bond donors (Lipinski definition) is 3. The summed E-state index contributed by atoms with van der Waals surface area (Å²) in [7, 11) is 1.92. The van der Waals surface area contributed by atoms with Gasteiger partial charge in [0, 0.05) is 25.0 Å². The van der Waals surface area contributed by atoms with Gasteiger partial charge in [-0.1, -0.05) is 29.8 Å². The van der Waals surface area contributed by atoms with Crippen molar-refractivity contribution in [1.29, 1.82) is 0 Å². The van der Waals surface area contributed by atoms with Crippen LogP contribution in [0.2, 0.25) is 0 Å². The van der Waals surface area contributed by atoms with Crippen LogP contribution < -0.4 is 15.6 Å². The molecule has 2 aromatic rings. The molecule has 0 heterocycles. The first-order valence-corrected chi connectivity index (χ1v) is 8.13. The Kier molecular flexibility index (Phi) is 6.98. The van der Waals surface area contributed by atoms with Gasteiger partial charge in [-0.25, -0.2) is 5.43 Å². The normalized spacial score (nSPS) is 10.7. The van der Waals surface area contributed by atoms with Crippen LogP contribution in [0.1, 0.15) is 11.1 Å². The van der Waals surface area contributed by atoms with Crippen LogP contribution in [0.5, 0.6) is 0 Å². The van der Waals surface area contributed by atoms with Crippen LogP contribution >= 0.6 is 0 Å². The van der Waals surface area contributed by atoms with Crippen LogP contribution in [0, 0.1) is 6.92 Å². The molecule has 0 fully saturated rings. The Bertz CT molecular complexity index is 696. The summed E-state index contributed by atoms with van der Waals surface area (Å²) < 4.78 is 0. The maximum atomic E-state index is 11.8. The fourth-order valence-electron chi connectivity index (χ4n) is 2.17. The Balaban J connectivity index is 1.77. The summed E-state index contributed by atoms with van der Waals surface area (Å²) in [6, 6.07) is 15.5. The van der Waals surface area contributed by atoms with Gasteiger partial charge in [0.25, 0.3) is 5.91 Å². The summed E-state index contributed by atoms with van der Waals surface area (Å²) in [6.45, 7) is 2.87. The summed E-state index contributed by atoms with van der Waals surface area (Å²) in [5, 5.41) is 15.9. The lowest BCUT2D eigenvalue weighted by Crippen LogP contribution is -2.25. The molecule has 3 N–H and O–H groups in total. The minimum atomic E-state index is -0.212. The maximum Gasteiger partial charge on any atom is 0.259 e. The van der Waals surface area contributed by atoms with E-state index >= 15 is 0 Å². The SMILES string of the molecule is Cc1ccc(NCC(=O)N/N=C\c2ccc(N(C)CCO)cc2)cc1. The molecule has 0 aliphatic carbocycles. The van der Waals surface area contributed by atoms with E-state index in [1.54, 1.807) is 6.21 Å². The Labute approximate surface area is 148 Å². The average Bonchev–Trinajstić information content (AvgIpc) is 2.62. The number of hydrazone groups is 1. The first-order valence-electron chi connectivity index (χ1n) is 8.13. The molecule has 0 bridgehead atoms. The number of carbonyl (C=O) groups excluding carboxylic acids is 1. The van der Waals surface area contributed by atoms with E-state index in [0.717, 1.165) is 16.9 Å². The Morgan fingerprint density at radius 3 is 2.48 bits per heavy atom. The van der Waals surface area contributed by atoms with Crippen LogP contribution in [0.4, 0.5) is 11.4 Å². The van der Waals surface area contributed by atoms with Crippen LogP contribution in [-0.4, -0.2) is 44.0 Å². The lowest BCUT2D eigenvalue weighted by atomic mass is 10.2. The topological polar surface area (TPSA) is 77.0 Å². The van der Waals surface area contributed by atoms with Crippen LogP contribution in [0.15, 0.2) is 53.6 Å². The highest BCUT2D eigenvalue weighted by Crippen LogP contribution is 2.12. The third-order valence-electron chi connectivity index (χ3n) is 3.68. The van der Waals surface area contributed by atoms with Crippen molar-refractivity contribution >= 4 is 23.5 Å². The Morgan fingerprint density at radius 2 is 1.84 bits per heavy atom. The van der Waals surface area contributed by atoms with Crippen LogP contribution in [0.25, 0.3) is 0 Å². The van der Waals surface area contributed by atoms with Crippen molar-refractivity contribution in [3.63, 3.8) is 0 Å². The van der Waals surface area contributed by atoms with Gasteiger partial charge in [0.2, 0.25) is 0 Å². The number of rotatable bonds is 8. The summed E-state index contributed by atoms with van der Waals surface area (Å²) in [5.74, 6) is -0.212. The van der Waals surface area contributed by atoms with E-state index in [-0.39, 0.29) is 19.1 Å². The van der Waals surface area contributed by atoms with Gasteiger partial charge in [0.15, 0.2) is 0 Å². The molecule has 0 saturated heterocycles. The number of aryl methyl sites for hydroxylation is 1. The molecule has 1 amide bonds. The van der Waals surface area contributed by atoms with Gasteiger partial charge < -0.3 is 15.3 Å². The lowest BCUT2D eigenvalue weighted by molar-refractivity contribution is -0.119. The number of carbonyl (C=O) groups is 1. The highest BCUT2D eigenvalue weighted by molar-refractivity contribution is 5.84. The van der Waals surface area contributed by atoms with Crippen molar-refractivity contribution in [2.75, 3.05) is 37.0 Å². The zero-order valence-electron chi connectivity index (χ0n) is 14.6. The second kappa shape index (κ2) is 9.44. The smallest absolute Gasteiger partial charge is 0.259 e. The van der Waals surface area contributed by atoms with E-state index in [9.17, 15) is 4.79 Å². The van der Waals surface area contributed by atoms with Crippen molar-refractivity contribution in [2.24, 2.45) is 5.10 Å². The number of likely N-dealkylation sites (N-methyl/N-ethyl adjacent to an activating group) is 1. The molecule has 0 unspecified atom stereocenters. The zero-order chi connectivity index (χ0) is 18.1. The van der Waals surface area contributed by atoms with E-state index in [1.165, 1.54) is 5.56 Å². The molecular formula is C19H24N4O2. The van der Waals surface area contributed by atoms with Crippen LogP contribution in [-0.2, 0) is 4.79 Å². The summed E-state index contributed by atoms with van der Waals surface area (Å²) in [5.41, 5.74) is 6.46. The number of hydrogen-bond acceptors (Lipinski definition) is 5. The van der Waals surface area contributed by atoms with Crippen molar-refractivity contribution in [1.82, 2.24) is 5.43 Å². The molecule has 6 nitrogen and oxygen atoms in total. The third-order valence-corrected chi connectivity index (χ3v) is 3.68. The van der Waals surface area contributed by atoms with Crippen LogP contribution in [0.3, 0.4) is 0 Å². The van der Waals surface area contributed by atoms with Gasteiger partial charge in [0.05, 0.1) is 19.4 Å². The molecule has 0 aliphatic heterocycles. The second-order valence-electron chi connectivity index (χ2n) is 5.75. The molecule has 2 rings (SSSR count). The van der Waals surface area contributed by atoms with E-state index in [4.69, 9.17) is 5.11 Å². The maximum absolute atomic E-state index is 11.8. The molecule has 0 spiro atoms. The second-order valence-corrected chi connectivity index (χ2v) is 5.75. The standard InChI is InChI=1S/C19H24N4O2/c1-15-3-7-17(8-4-15)20-14-19(25)22-21-13-16-5-9-18(10-6-16)23(2)11-12-24/h3-10,13,20,24H,11-12,14H2,1-2H3,(H,22,25)/b21-13-. The number of aliphatic hydroxyl groups is 1. The summed E-state index contributed by atoms with van der Waals surface area (Å²) in [6.07, 6.45) is 1.60. The predicted molar refractivity (Wildman–Crippen MR) is 102 cm³/mol. The van der Waals surface area contributed by atoms with E-state index < -0.39 is 0 Å². The quantitative estimate of drug-likeness (QED) is 0.507. The molecule has 0 atom stereocenters. The summed E-state index contributed by atoms with van der Waals surface area (Å²) in [4.78, 5) is 13.7. The highest BCUT2D eigenvalue weighted by atomic mass is 16.3. The van der Waals surface area contributed by atoms with E-state index in [1.807, 2.05) is 67.4 Å². The largest absolute Gasteiger partial charge is 0.395 e. The molecule has 2 aromatic carbocycles. The van der Waals surface area contributed by atoms with Gasteiger partial charge in [-0.05, 0) is 36.8 Å². The first kappa shape index (κ1) is 18.5. The minimum absolute atomic E-state index is 0.113. The van der Waals surface area contributed by atoms with Gasteiger partial charge >= 0.3 is 0 Å². The minimum Gasteiger partial charge on any atom is -0.395 e. The molecule has 6 heteroatoms. The number of benzene rings is 2. The fraction of sp³-hybridized carbons (Fsp3) is 0.263. The molecule has 132 valence electrons. The number of aliphatic hydroxyl groups excluding tert-OH is 1. The molecule has 0 aliphatic rings. The monoisotopic (exact) mass is 340 g/mol. The number of nitrogens with zero attached hydrogens (tertiary/aromatic N) is 2. The van der Waals surface area contributed by atoms with Crippen molar-refractivity contribution in [2.45, 2.75) is 6.92 Å². The lowest BCUT2D eigenvalue weighted by Gasteiger charge is -2.17. The zero-order valence-corrected chi connectivity index (χ0v) is 14.6. The van der Waals surface area contributed by atoms with E-state index in [0.29, 0.717) is 6.54 Å². The van der Waals surface area contributed by atoms with Gasteiger partial charge in [0.1, 0.15) is 0 Å². The Morgan fingerprint density at radius 1 is 1.16 bits per heavy atom. The highest BCUT2D eigenvalue weighted by Gasteiger charge is 2.00. The van der Waals surface area contributed by atoms with Crippen molar-refractivity contribution in [3.8, 4) is 0 Å². The predicted octanol–water partition coefficient (Wildman–Crippen LogP) is 1.99. The third kappa shape index (κ3) is 6.27. The van der Waals surface area contributed by atoms with E-state index in [2.05, 4.69) is 15.8 Å². The van der Waals surface area contributed by atoms with Gasteiger partial charge in [-0.15, -0.1) is 0 Å². The van der Waals surface area contributed by atoms with Gasteiger partial charge in [-0.2, -0.15) is 5.10 Å². The molecular weight excluding hydrogens is 316 g/mol. The molecule has 0 aromatic heterocycles. The van der Waals surface area contributed by atoms with Crippen molar-refractivity contribution in [3.05, 3.63) is 59.7 Å². The number of nitrogens with one attached hydrogen (secondary N) is 2. The first-order chi connectivity index (χ1) is 12.1. The average molecular weight is 340 g/mol. The van der Waals surface area contributed by atoms with Gasteiger partial charge in [-0.3, -0.25) is 4.79 Å². The fourth-order valence-corrected chi connectivity index (χ4v) is 2.17. The Hall–Kier alpha value is -2.86.